The van der Waals surface area contributed by atoms with Crippen molar-refractivity contribution in [3.63, 3.8) is 0 Å². The molecule has 138 valence electrons. The lowest BCUT2D eigenvalue weighted by Crippen LogP contribution is -2.35. The van der Waals surface area contributed by atoms with E-state index in [-0.39, 0.29) is 28.1 Å². The van der Waals surface area contributed by atoms with Crippen molar-refractivity contribution in [1.29, 1.82) is 0 Å². The minimum Gasteiger partial charge on any atom is -0.460 e. The van der Waals surface area contributed by atoms with E-state index >= 15 is 0 Å². The first-order valence-corrected chi connectivity index (χ1v) is 10.2. The van der Waals surface area contributed by atoms with Crippen molar-refractivity contribution in [2.45, 2.75) is 42.1 Å². The van der Waals surface area contributed by atoms with Crippen molar-refractivity contribution >= 4 is 28.6 Å². The molecule has 0 aliphatic carbocycles. The molecule has 26 heavy (non-hydrogen) atoms. The van der Waals surface area contributed by atoms with Gasteiger partial charge in [0.15, 0.2) is 0 Å². The van der Waals surface area contributed by atoms with E-state index in [9.17, 15) is 4.79 Å². The summed E-state index contributed by atoms with van der Waals surface area (Å²) in [6, 6.07) is 20.1. The molecule has 4 nitrogen and oxygen atoms in total. The van der Waals surface area contributed by atoms with Crippen LogP contribution in [0.5, 0.6) is 0 Å². The first kappa shape index (κ1) is 19.3. The minimum atomic E-state index is -0.262. The lowest BCUT2D eigenvalue weighted by Gasteiger charge is -2.18. The highest BCUT2D eigenvalue weighted by Gasteiger charge is 2.38. The smallest absolute Gasteiger partial charge is 0.323 e. The molecular formula is C21H24INO3. The summed E-state index contributed by atoms with van der Waals surface area (Å²) in [6.45, 7) is 3.21. The van der Waals surface area contributed by atoms with Crippen molar-refractivity contribution in [3.8, 4) is 0 Å². The van der Waals surface area contributed by atoms with Crippen LogP contribution in [0.1, 0.15) is 30.5 Å². The fourth-order valence-electron chi connectivity index (χ4n) is 3.08. The number of carbonyl (C=O) groups excluding carboxylic acids is 1. The molecule has 1 N–H and O–H groups in total. The number of hydrogen-bond donors (Lipinski definition) is 1. The van der Waals surface area contributed by atoms with Gasteiger partial charge in [-0.3, -0.25) is 10.1 Å². The molecule has 0 aromatic heterocycles. The average molecular weight is 465 g/mol. The maximum absolute atomic E-state index is 12.2. The Hall–Kier alpha value is -1.44. The van der Waals surface area contributed by atoms with Gasteiger partial charge in [0.25, 0.3) is 0 Å². The van der Waals surface area contributed by atoms with Crippen LogP contribution >= 0.6 is 22.6 Å². The van der Waals surface area contributed by atoms with Crippen LogP contribution in [0.15, 0.2) is 60.7 Å². The molecule has 0 spiro atoms. The van der Waals surface area contributed by atoms with E-state index in [0.29, 0.717) is 19.6 Å². The molecule has 0 bridgehead atoms. The third-order valence-corrected chi connectivity index (χ3v) is 5.72. The van der Waals surface area contributed by atoms with Crippen LogP contribution in [0.25, 0.3) is 0 Å². The van der Waals surface area contributed by atoms with E-state index < -0.39 is 0 Å². The lowest BCUT2D eigenvalue weighted by molar-refractivity contribution is -0.143. The molecule has 5 heteroatoms. The van der Waals surface area contributed by atoms with Gasteiger partial charge in [-0.05, 0) is 18.1 Å². The van der Waals surface area contributed by atoms with Gasteiger partial charge in [-0.1, -0.05) is 83.3 Å². The highest BCUT2D eigenvalue weighted by atomic mass is 127. The van der Waals surface area contributed by atoms with Crippen LogP contribution in [0.3, 0.4) is 0 Å². The van der Waals surface area contributed by atoms with Crippen molar-refractivity contribution in [2.24, 2.45) is 0 Å². The highest BCUT2D eigenvalue weighted by Crippen LogP contribution is 2.25. The predicted molar refractivity (Wildman–Crippen MR) is 110 cm³/mol. The van der Waals surface area contributed by atoms with E-state index in [1.807, 2.05) is 48.5 Å². The summed E-state index contributed by atoms with van der Waals surface area (Å²) >= 11 is 2.32. The maximum Gasteiger partial charge on any atom is 0.323 e. The molecule has 1 unspecified atom stereocenters. The Morgan fingerprint density at radius 3 is 2.50 bits per heavy atom. The zero-order valence-electron chi connectivity index (χ0n) is 14.8. The van der Waals surface area contributed by atoms with Gasteiger partial charge in [0, 0.05) is 12.5 Å². The van der Waals surface area contributed by atoms with Gasteiger partial charge < -0.3 is 9.47 Å². The number of benzene rings is 2. The van der Waals surface area contributed by atoms with Gasteiger partial charge in [-0.2, -0.15) is 0 Å². The molecule has 2 aromatic rings. The number of carbonyl (C=O) groups is 1. The molecule has 1 saturated heterocycles. The first-order valence-electron chi connectivity index (χ1n) is 8.90. The molecule has 1 aliphatic heterocycles. The molecule has 1 fully saturated rings. The zero-order valence-corrected chi connectivity index (χ0v) is 17.0. The molecule has 0 amide bonds. The van der Waals surface area contributed by atoms with Gasteiger partial charge >= 0.3 is 5.97 Å². The number of nitrogens with one attached hydrogen (secondary N) is 1. The molecule has 4 atom stereocenters. The number of esters is 1. The van der Waals surface area contributed by atoms with E-state index in [1.54, 1.807) is 0 Å². The summed E-state index contributed by atoms with van der Waals surface area (Å²) in [5.74, 6) is -0.164. The van der Waals surface area contributed by atoms with E-state index in [2.05, 4.69) is 47.0 Å². The van der Waals surface area contributed by atoms with E-state index in [1.165, 1.54) is 5.56 Å². The maximum atomic E-state index is 12.2. The number of halogens is 1. The standard InChI is InChI=1S/C21H24INO3/c1-15(17-10-6-3-7-11-17)23-19-12-20(26-21(19)24)18(22)14-25-13-16-8-4-2-5-9-16/h2-11,15,18-20,23H,12-14H2,1H3/t15-,18?,19+,20+/m0/s1. The van der Waals surface area contributed by atoms with Gasteiger partial charge in [0.05, 0.1) is 17.1 Å². The molecule has 0 saturated carbocycles. The van der Waals surface area contributed by atoms with Crippen LogP contribution in [0, 0.1) is 0 Å². The van der Waals surface area contributed by atoms with Crippen molar-refractivity contribution in [2.75, 3.05) is 6.61 Å². The number of cyclic esters (lactones) is 1. The molecule has 3 rings (SSSR count). The number of hydrogen-bond acceptors (Lipinski definition) is 4. The molecule has 2 aromatic carbocycles. The number of rotatable bonds is 8. The van der Waals surface area contributed by atoms with Crippen molar-refractivity contribution in [1.82, 2.24) is 5.32 Å². The van der Waals surface area contributed by atoms with E-state index in [4.69, 9.17) is 9.47 Å². The van der Waals surface area contributed by atoms with E-state index in [0.717, 1.165) is 5.56 Å². The third-order valence-electron chi connectivity index (χ3n) is 4.56. The molecule has 0 radical (unpaired) electrons. The largest absolute Gasteiger partial charge is 0.460 e. The van der Waals surface area contributed by atoms with Gasteiger partial charge in [0.1, 0.15) is 12.1 Å². The summed E-state index contributed by atoms with van der Waals surface area (Å²) in [4.78, 5) is 12.2. The number of alkyl halides is 1. The molecule has 1 aliphatic rings. The van der Waals surface area contributed by atoms with Gasteiger partial charge in [-0.25, -0.2) is 0 Å². The molecular weight excluding hydrogens is 441 g/mol. The second-order valence-electron chi connectivity index (χ2n) is 6.58. The average Bonchev–Trinajstić information content (AvgIpc) is 3.04. The Morgan fingerprint density at radius 2 is 1.81 bits per heavy atom. The monoisotopic (exact) mass is 465 g/mol. The predicted octanol–water partition coefficient (Wildman–Crippen LogP) is 4.04. The van der Waals surface area contributed by atoms with Crippen LogP contribution in [0.4, 0.5) is 0 Å². The van der Waals surface area contributed by atoms with Crippen LogP contribution in [-0.4, -0.2) is 28.6 Å². The zero-order chi connectivity index (χ0) is 18.4. The van der Waals surface area contributed by atoms with Gasteiger partial charge in [-0.15, -0.1) is 0 Å². The molecule has 1 heterocycles. The van der Waals surface area contributed by atoms with Gasteiger partial charge in [0.2, 0.25) is 0 Å². The SMILES string of the molecule is C[C@H](N[C@@H]1C[C@H](C(I)COCc2ccccc2)OC1=O)c1ccccc1. The third kappa shape index (κ3) is 5.28. The van der Waals surface area contributed by atoms with Crippen molar-refractivity contribution in [3.05, 3.63) is 71.8 Å². The summed E-state index contributed by atoms with van der Waals surface area (Å²) in [6.07, 6.45) is 0.567. The Morgan fingerprint density at radius 1 is 1.15 bits per heavy atom. The summed E-state index contributed by atoms with van der Waals surface area (Å²) in [5.41, 5.74) is 2.32. The van der Waals surface area contributed by atoms with Crippen LogP contribution in [0.2, 0.25) is 0 Å². The summed E-state index contributed by atoms with van der Waals surface area (Å²) in [7, 11) is 0. The Labute approximate surface area is 168 Å². The van der Waals surface area contributed by atoms with Crippen molar-refractivity contribution < 1.29 is 14.3 Å². The number of ether oxygens (including phenoxy) is 2. The summed E-state index contributed by atoms with van der Waals surface area (Å²) in [5, 5.41) is 3.39. The lowest BCUT2D eigenvalue weighted by atomic mass is 10.1. The quantitative estimate of drug-likeness (QED) is 0.363. The highest BCUT2D eigenvalue weighted by molar-refractivity contribution is 14.1. The Kier molecular flexibility index (Phi) is 7.05. The van der Waals surface area contributed by atoms with Crippen LogP contribution in [-0.2, 0) is 20.9 Å². The second kappa shape index (κ2) is 9.48. The minimum absolute atomic E-state index is 0.106. The topological polar surface area (TPSA) is 47.6 Å². The fraction of sp³-hybridized carbons (Fsp3) is 0.381. The normalized spacial score (nSPS) is 22.0. The Bertz CT molecular complexity index is 695. The van der Waals surface area contributed by atoms with Crippen LogP contribution < -0.4 is 5.32 Å². The first-order chi connectivity index (χ1) is 12.6. The second-order valence-corrected chi connectivity index (χ2v) is 8.18. The fourth-order valence-corrected chi connectivity index (χ4v) is 3.77. The summed E-state index contributed by atoms with van der Waals surface area (Å²) < 4.78 is 11.5. The Balaban J connectivity index is 1.46.